The summed E-state index contributed by atoms with van der Waals surface area (Å²) >= 11 is 0. The number of hydrogen-bond acceptors (Lipinski definition) is 6. The predicted molar refractivity (Wildman–Crippen MR) is 99.3 cm³/mol. The summed E-state index contributed by atoms with van der Waals surface area (Å²) in [6.07, 6.45) is 1.40. The number of carbonyl (C=O) groups excluding carboxylic acids is 1. The summed E-state index contributed by atoms with van der Waals surface area (Å²) < 4.78 is 21.1. The summed E-state index contributed by atoms with van der Waals surface area (Å²) in [6.45, 7) is 0.680. The zero-order valence-corrected chi connectivity index (χ0v) is 15.1. The van der Waals surface area contributed by atoms with E-state index in [9.17, 15) is 4.79 Å². The molecule has 7 heteroatoms. The van der Waals surface area contributed by atoms with E-state index in [0.717, 1.165) is 17.1 Å². The monoisotopic (exact) mass is 368 g/mol. The van der Waals surface area contributed by atoms with E-state index in [2.05, 4.69) is 10.5 Å². The molecule has 0 saturated heterocycles. The molecule has 0 aliphatic rings. The van der Waals surface area contributed by atoms with Crippen LogP contribution in [0.15, 0.2) is 59.3 Å². The number of rotatable bonds is 8. The molecule has 0 aliphatic carbocycles. The Hall–Kier alpha value is -3.48. The number of methoxy groups -OCH3 is 2. The van der Waals surface area contributed by atoms with Gasteiger partial charge >= 0.3 is 0 Å². The van der Waals surface area contributed by atoms with Crippen LogP contribution in [0, 0.1) is 0 Å². The molecule has 0 spiro atoms. The zero-order valence-electron chi connectivity index (χ0n) is 15.1. The minimum absolute atomic E-state index is 0.277. The Kier molecular flexibility index (Phi) is 5.94. The van der Waals surface area contributed by atoms with Crippen LogP contribution in [0.5, 0.6) is 17.2 Å². The Balaban J connectivity index is 1.54. The minimum atomic E-state index is -0.277. The molecular weight excluding hydrogens is 348 g/mol. The van der Waals surface area contributed by atoms with Gasteiger partial charge in [-0.15, -0.1) is 0 Å². The average Bonchev–Trinajstić information content (AvgIpc) is 3.21. The van der Waals surface area contributed by atoms with E-state index < -0.39 is 0 Å². The van der Waals surface area contributed by atoms with Gasteiger partial charge in [0.2, 0.25) is 0 Å². The quantitative estimate of drug-likeness (QED) is 0.615. The zero-order chi connectivity index (χ0) is 19.1. The van der Waals surface area contributed by atoms with E-state index in [1.807, 2.05) is 36.4 Å². The molecule has 0 unspecified atom stereocenters. The molecule has 0 radical (unpaired) electrons. The topological polar surface area (TPSA) is 82.8 Å². The second-order valence-electron chi connectivity index (χ2n) is 5.58. The van der Waals surface area contributed by atoms with Gasteiger partial charge in [-0.05, 0) is 48.5 Å². The first kappa shape index (κ1) is 18.3. The molecule has 0 aliphatic heterocycles. The van der Waals surface area contributed by atoms with Crippen molar-refractivity contribution in [1.82, 2.24) is 10.5 Å². The Morgan fingerprint density at radius 3 is 2.19 bits per heavy atom. The Morgan fingerprint density at radius 1 is 0.963 bits per heavy atom. The number of ether oxygens (including phenoxy) is 3. The fourth-order valence-electron chi connectivity index (χ4n) is 2.45. The Bertz CT molecular complexity index is 872. The van der Waals surface area contributed by atoms with Gasteiger partial charge in [0.15, 0.2) is 5.76 Å². The van der Waals surface area contributed by atoms with Crippen molar-refractivity contribution in [3.8, 4) is 28.6 Å². The number of benzene rings is 2. The Labute approximate surface area is 156 Å². The van der Waals surface area contributed by atoms with Gasteiger partial charge in [0.05, 0.1) is 27.0 Å². The lowest BCUT2D eigenvalue weighted by molar-refractivity contribution is 0.0947. The van der Waals surface area contributed by atoms with Crippen molar-refractivity contribution in [2.75, 3.05) is 27.4 Å². The third-order valence-electron chi connectivity index (χ3n) is 3.88. The highest BCUT2D eigenvalue weighted by Gasteiger charge is 2.17. The summed E-state index contributed by atoms with van der Waals surface area (Å²) in [5, 5.41) is 6.54. The summed E-state index contributed by atoms with van der Waals surface area (Å²) in [5.74, 6) is 2.31. The maximum Gasteiger partial charge on any atom is 0.257 e. The van der Waals surface area contributed by atoms with Crippen molar-refractivity contribution in [1.29, 1.82) is 0 Å². The van der Waals surface area contributed by atoms with Gasteiger partial charge < -0.3 is 24.1 Å². The predicted octanol–water partition coefficient (Wildman–Crippen LogP) is 3.17. The maximum absolute atomic E-state index is 12.4. The highest BCUT2D eigenvalue weighted by molar-refractivity contribution is 5.99. The summed E-state index contributed by atoms with van der Waals surface area (Å²) in [4.78, 5) is 12.4. The van der Waals surface area contributed by atoms with Crippen molar-refractivity contribution in [2.45, 2.75) is 0 Å². The third-order valence-corrected chi connectivity index (χ3v) is 3.88. The second-order valence-corrected chi connectivity index (χ2v) is 5.58. The lowest BCUT2D eigenvalue weighted by atomic mass is 10.1. The standard InChI is InChI=1S/C20H20N2O5/c1-24-15-5-3-14(4-6-15)19-18(13-22-27-19)20(23)21-11-12-26-17-9-7-16(25-2)8-10-17/h3-10,13H,11-12H2,1-2H3,(H,21,23). The van der Waals surface area contributed by atoms with Crippen molar-refractivity contribution in [3.05, 3.63) is 60.3 Å². The molecule has 1 amide bonds. The van der Waals surface area contributed by atoms with E-state index >= 15 is 0 Å². The van der Waals surface area contributed by atoms with Gasteiger partial charge in [-0.3, -0.25) is 4.79 Å². The van der Waals surface area contributed by atoms with E-state index in [4.69, 9.17) is 18.7 Å². The molecule has 2 aromatic carbocycles. The average molecular weight is 368 g/mol. The lowest BCUT2D eigenvalue weighted by Crippen LogP contribution is -2.28. The van der Waals surface area contributed by atoms with Crippen LogP contribution in [0.1, 0.15) is 10.4 Å². The van der Waals surface area contributed by atoms with Crippen LogP contribution in [0.2, 0.25) is 0 Å². The molecule has 3 rings (SSSR count). The molecule has 27 heavy (non-hydrogen) atoms. The molecule has 7 nitrogen and oxygen atoms in total. The van der Waals surface area contributed by atoms with Crippen LogP contribution < -0.4 is 19.5 Å². The van der Waals surface area contributed by atoms with Crippen LogP contribution in [0.4, 0.5) is 0 Å². The molecule has 0 saturated carbocycles. The highest BCUT2D eigenvalue weighted by atomic mass is 16.5. The lowest BCUT2D eigenvalue weighted by Gasteiger charge is -2.08. The number of nitrogens with one attached hydrogen (secondary N) is 1. The molecule has 3 aromatic rings. The van der Waals surface area contributed by atoms with Crippen LogP contribution in [0.3, 0.4) is 0 Å². The molecule has 140 valence electrons. The van der Waals surface area contributed by atoms with E-state index in [0.29, 0.717) is 30.2 Å². The fourth-order valence-corrected chi connectivity index (χ4v) is 2.45. The van der Waals surface area contributed by atoms with E-state index in [1.165, 1.54) is 6.20 Å². The van der Waals surface area contributed by atoms with E-state index in [-0.39, 0.29) is 5.91 Å². The van der Waals surface area contributed by atoms with Gasteiger partial charge in [0.1, 0.15) is 29.4 Å². The van der Waals surface area contributed by atoms with Crippen LogP contribution in [-0.2, 0) is 0 Å². The maximum atomic E-state index is 12.4. The molecule has 0 atom stereocenters. The summed E-state index contributed by atoms with van der Waals surface area (Å²) in [7, 11) is 3.20. The number of nitrogens with zero attached hydrogens (tertiary/aromatic N) is 1. The van der Waals surface area contributed by atoms with Crippen molar-refractivity contribution < 1.29 is 23.5 Å². The van der Waals surface area contributed by atoms with Crippen molar-refractivity contribution in [3.63, 3.8) is 0 Å². The first-order valence-corrected chi connectivity index (χ1v) is 8.35. The molecular formula is C20H20N2O5. The molecule has 1 heterocycles. The van der Waals surface area contributed by atoms with Gasteiger partial charge in [-0.25, -0.2) is 0 Å². The normalized spacial score (nSPS) is 10.3. The van der Waals surface area contributed by atoms with Gasteiger partial charge in [-0.2, -0.15) is 0 Å². The van der Waals surface area contributed by atoms with Crippen molar-refractivity contribution in [2.24, 2.45) is 0 Å². The first-order chi connectivity index (χ1) is 13.2. The van der Waals surface area contributed by atoms with E-state index in [1.54, 1.807) is 26.4 Å². The van der Waals surface area contributed by atoms with Gasteiger partial charge in [-0.1, -0.05) is 5.16 Å². The Morgan fingerprint density at radius 2 is 1.56 bits per heavy atom. The summed E-state index contributed by atoms with van der Waals surface area (Å²) in [6, 6.07) is 14.4. The number of aromatic nitrogens is 1. The van der Waals surface area contributed by atoms with Gasteiger partial charge in [0, 0.05) is 5.56 Å². The molecule has 1 aromatic heterocycles. The summed E-state index contributed by atoms with van der Waals surface area (Å²) in [5.41, 5.74) is 1.11. The van der Waals surface area contributed by atoms with Crippen molar-refractivity contribution >= 4 is 5.91 Å². The third kappa shape index (κ3) is 4.58. The number of amides is 1. The number of hydrogen-bond donors (Lipinski definition) is 1. The molecule has 0 fully saturated rings. The SMILES string of the molecule is COc1ccc(OCCNC(=O)c2cnoc2-c2ccc(OC)cc2)cc1. The molecule has 0 bridgehead atoms. The molecule has 1 N–H and O–H groups in total. The fraction of sp³-hybridized carbons (Fsp3) is 0.200. The van der Waals surface area contributed by atoms with Gasteiger partial charge in [0.25, 0.3) is 5.91 Å². The first-order valence-electron chi connectivity index (χ1n) is 8.35. The number of carbonyl (C=O) groups is 1. The highest BCUT2D eigenvalue weighted by Crippen LogP contribution is 2.25. The van der Waals surface area contributed by atoms with Crippen LogP contribution in [-0.4, -0.2) is 38.4 Å². The van der Waals surface area contributed by atoms with Crippen LogP contribution in [0.25, 0.3) is 11.3 Å². The minimum Gasteiger partial charge on any atom is -0.497 e. The van der Waals surface area contributed by atoms with Crippen LogP contribution >= 0.6 is 0 Å². The second kappa shape index (κ2) is 8.75. The largest absolute Gasteiger partial charge is 0.497 e. The smallest absolute Gasteiger partial charge is 0.257 e.